The van der Waals surface area contributed by atoms with Crippen molar-refractivity contribution in [2.45, 2.75) is 38.5 Å². The fourth-order valence-corrected chi connectivity index (χ4v) is 3.80. The van der Waals surface area contributed by atoms with Crippen LogP contribution in [0.5, 0.6) is 0 Å². The summed E-state index contributed by atoms with van der Waals surface area (Å²) in [6.45, 7) is 3.92. The number of amides is 1. The lowest BCUT2D eigenvalue weighted by Gasteiger charge is -2.36. The number of nitrogens with zero attached hydrogens (tertiary/aromatic N) is 2. The van der Waals surface area contributed by atoms with Gasteiger partial charge >= 0.3 is 6.18 Å². The Hall–Kier alpha value is -2.16. The number of carbonyl (C=O) groups is 1. The third kappa shape index (κ3) is 5.26. The Balaban J connectivity index is 1.77. The lowest BCUT2D eigenvalue weighted by atomic mass is 9.81. The molecule has 0 bridgehead atoms. The molecular weight excluding hydrogens is 388 g/mol. The van der Waals surface area contributed by atoms with Gasteiger partial charge in [0.1, 0.15) is 11.9 Å². The van der Waals surface area contributed by atoms with Crippen LogP contribution in [0.4, 0.5) is 17.6 Å². The molecule has 0 spiro atoms. The first-order valence-electron chi connectivity index (χ1n) is 9.82. The number of H-pyrrole nitrogens is 1. The molecule has 2 unspecified atom stereocenters. The highest BCUT2D eigenvalue weighted by Crippen LogP contribution is 2.33. The largest absolute Gasteiger partial charge is 0.432 e. The predicted molar refractivity (Wildman–Crippen MR) is 101 cm³/mol. The number of hydrogen-bond donors (Lipinski definition) is 2. The van der Waals surface area contributed by atoms with Crippen LogP contribution in [0.15, 0.2) is 30.4 Å². The maximum Gasteiger partial charge on any atom is 0.432 e. The summed E-state index contributed by atoms with van der Waals surface area (Å²) in [5.74, 6) is -0.200. The molecule has 9 heteroatoms. The van der Waals surface area contributed by atoms with Crippen molar-refractivity contribution in [3.63, 3.8) is 0 Å². The Morgan fingerprint density at radius 3 is 2.66 bits per heavy atom. The average Bonchev–Trinajstić information content (AvgIpc) is 3.19. The van der Waals surface area contributed by atoms with Gasteiger partial charge in [0.05, 0.1) is 0 Å². The molecule has 1 aliphatic carbocycles. The Bertz CT molecular complexity index is 767. The number of carbonyl (C=O) groups excluding carboxylic acids is 1. The van der Waals surface area contributed by atoms with Gasteiger partial charge in [0.25, 0.3) is 5.91 Å². The van der Waals surface area contributed by atoms with Gasteiger partial charge in [0.15, 0.2) is 5.69 Å². The summed E-state index contributed by atoms with van der Waals surface area (Å²) in [4.78, 5) is 14.4. The molecule has 1 aromatic rings. The molecule has 1 aliphatic heterocycles. The summed E-state index contributed by atoms with van der Waals surface area (Å²) in [5, 5.41) is 8.72. The molecule has 0 radical (unpaired) electrons. The first kappa shape index (κ1) is 21.5. The fraction of sp³-hybridized carbons (Fsp3) is 0.600. The fourth-order valence-electron chi connectivity index (χ4n) is 3.80. The van der Waals surface area contributed by atoms with E-state index < -0.39 is 29.4 Å². The van der Waals surface area contributed by atoms with Crippen LogP contribution < -0.4 is 5.32 Å². The van der Waals surface area contributed by atoms with Gasteiger partial charge in [-0.3, -0.25) is 9.89 Å². The lowest BCUT2D eigenvalue weighted by Crippen LogP contribution is -2.45. The van der Waals surface area contributed by atoms with Crippen LogP contribution in [0, 0.1) is 11.3 Å². The topological polar surface area (TPSA) is 61.0 Å². The summed E-state index contributed by atoms with van der Waals surface area (Å²) >= 11 is 0. The van der Waals surface area contributed by atoms with Gasteiger partial charge < -0.3 is 10.2 Å². The number of alkyl halides is 4. The molecule has 2 heterocycles. The Kier molecular flexibility index (Phi) is 6.45. The summed E-state index contributed by atoms with van der Waals surface area (Å²) < 4.78 is 53.2. The molecule has 2 atom stereocenters. The monoisotopic (exact) mass is 414 g/mol. The number of piperidine rings is 1. The Morgan fingerprint density at radius 2 is 2.03 bits per heavy atom. The van der Waals surface area contributed by atoms with Gasteiger partial charge in [0, 0.05) is 24.6 Å². The standard InChI is InChI=1S/C20H26F4N4O/c1-19(8-3-2-4-16(19)21)13-28(11-7-14-5-9-25-10-6-14)18(29)15-12-17(27-26-15)20(22,23)24/h2-4,8,12,14,16,25H,5-7,9-11,13H2,1H3,(H,26,27). The van der Waals surface area contributed by atoms with E-state index in [0.717, 1.165) is 32.4 Å². The number of hydrogen-bond acceptors (Lipinski definition) is 3. The second-order valence-electron chi connectivity index (χ2n) is 8.02. The van der Waals surface area contributed by atoms with Crippen molar-refractivity contribution in [2.24, 2.45) is 11.3 Å². The quantitative estimate of drug-likeness (QED) is 0.698. The van der Waals surface area contributed by atoms with Gasteiger partial charge in [-0.05, 0) is 44.3 Å². The van der Waals surface area contributed by atoms with Crippen LogP contribution in [0.1, 0.15) is 42.4 Å². The van der Waals surface area contributed by atoms with E-state index in [0.29, 0.717) is 18.5 Å². The normalized spacial score (nSPS) is 25.3. The highest BCUT2D eigenvalue weighted by molar-refractivity contribution is 5.92. The predicted octanol–water partition coefficient (Wildman–Crippen LogP) is 3.73. The summed E-state index contributed by atoms with van der Waals surface area (Å²) in [5.41, 5.74) is -2.33. The van der Waals surface area contributed by atoms with E-state index in [1.165, 1.54) is 11.0 Å². The van der Waals surface area contributed by atoms with Crippen molar-refractivity contribution in [2.75, 3.05) is 26.2 Å². The van der Waals surface area contributed by atoms with Gasteiger partial charge in [-0.25, -0.2) is 4.39 Å². The van der Waals surface area contributed by atoms with E-state index in [1.54, 1.807) is 25.2 Å². The van der Waals surface area contributed by atoms with E-state index in [9.17, 15) is 22.4 Å². The molecule has 1 aromatic heterocycles. The number of rotatable bonds is 6. The zero-order chi connectivity index (χ0) is 21.1. The summed E-state index contributed by atoms with van der Waals surface area (Å²) in [6, 6.07) is 0.714. The van der Waals surface area contributed by atoms with Crippen LogP contribution in [-0.4, -0.2) is 53.4 Å². The van der Waals surface area contributed by atoms with E-state index in [4.69, 9.17) is 0 Å². The van der Waals surface area contributed by atoms with Crippen LogP contribution in [0.2, 0.25) is 0 Å². The van der Waals surface area contributed by atoms with Crippen molar-refractivity contribution in [1.29, 1.82) is 0 Å². The lowest BCUT2D eigenvalue weighted by molar-refractivity contribution is -0.141. The Morgan fingerprint density at radius 1 is 1.31 bits per heavy atom. The highest BCUT2D eigenvalue weighted by atomic mass is 19.4. The molecule has 29 heavy (non-hydrogen) atoms. The molecule has 3 rings (SSSR count). The number of aromatic nitrogens is 2. The minimum Gasteiger partial charge on any atom is -0.336 e. The van der Waals surface area contributed by atoms with Crippen molar-refractivity contribution in [3.05, 3.63) is 41.8 Å². The molecule has 1 fully saturated rings. The van der Waals surface area contributed by atoms with E-state index in [2.05, 4.69) is 10.4 Å². The van der Waals surface area contributed by atoms with Crippen molar-refractivity contribution >= 4 is 5.91 Å². The molecule has 5 nitrogen and oxygen atoms in total. The van der Waals surface area contributed by atoms with Crippen LogP contribution in [-0.2, 0) is 6.18 Å². The van der Waals surface area contributed by atoms with Crippen molar-refractivity contribution in [1.82, 2.24) is 20.4 Å². The zero-order valence-electron chi connectivity index (χ0n) is 16.3. The summed E-state index contributed by atoms with van der Waals surface area (Å²) in [7, 11) is 0. The third-order valence-electron chi connectivity index (χ3n) is 5.69. The van der Waals surface area contributed by atoms with E-state index in [1.807, 2.05) is 5.10 Å². The van der Waals surface area contributed by atoms with Crippen LogP contribution in [0.25, 0.3) is 0 Å². The second-order valence-corrected chi connectivity index (χ2v) is 8.02. The smallest absolute Gasteiger partial charge is 0.336 e. The molecule has 0 saturated carbocycles. The summed E-state index contributed by atoms with van der Waals surface area (Å²) in [6.07, 6.45) is 3.24. The van der Waals surface area contributed by atoms with Gasteiger partial charge in [-0.15, -0.1) is 0 Å². The van der Waals surface area contributed by atoms with Crippen LogP contribution >= 0.6 is 0 Å². The van der Waals surface area contributed by atoms with Crippen LogP contribution in [0.3, 0.4) is 0 Å². The van der Waals surface area contributed by atoms with E-state index in [-0.39, 0.29) is 12.2 Å². The molecule has 2 N–H and O–H groups in total. The zero-order valence-corrected chi connectivity index (χ0v) is 16.3. The maximum atomic E-state index is 14.6. The van der Waals surface area contributed by atoms with Crippen molar-refractivity contribution in [3.8, 4) is 0 Å². The van der Waals surface area contributed by atoms with Crippen molar-refractivity contribution < 1.29 is 22.4 Å². The number of aromatic amines is 1. The molecule has 160 valence electrons. The van der Waals surface area contributed by atoms with E-state index >= 15 is 0 Å². The second kappa shape index (κ2) is 8.69. The maximum absolute atomic E-state index is 14.6. The minimum absolute atomic E-state index is 0.0625. The number of nitrogens with one attached hydrogen (secondary N) is 2. The highest BCUT2D eigenvalue weighted by Gasteiger charge is 2.38. The number of allylic oxidation sites excluding steroid dienone is 3. The van der Waals surface area contributed by atoms with Gasteiger partial charge in [-0.2, -0.15) is 18.3 Å². The molecule has 0 aromatic carbocycles. The number of halogens is 4. The third-order valence-corrected chi connectivity index (χ3v) is 5.69. The molecule has 1 amide bonds. The van der Waals surface area contributed by atoms with Gasteiger partial charge in [0.2, 0.25) is 0 Å². The SMILES string of the molecule is CC1(CN(CCC2CCNCC2)C(=O)c2cc(C(F)(F)F)[nH]n2)C=CC=CC1F. The molecule has 1 saturated heterocycles. The first-order chi connectivity index (χ1) is 13.7. The molecular formula is C20H26F4N4O. The Labute approximate surface area is 167 Å². The average molecular weight is 414 g/mol. The minimum atomic E-state index is -4.61. The first-order valence-corrected chi connectivity index (χ1v) is 9.82. The van der Waals surface area contributed by atoms with Gasteiger partial charge in [-0.1, -0.05) is 25.2 Å². The molecule has 2 aliphatic rings.